The Morgan fingerprint density at radius 2 is 1.85 bits per heavy atom. The van der Waals surface area contributed by atoms with Crippen LogP contribution in [0.5, 0.6) is 0 Å². The molecule has 0 spiro atoms. The van der Waals surface area contributed by atoms with Gasteiger partial charge in [-0.2, -0.15) is 0 Å². The molecule has 3 rings (SSSR count). The lowest BCUT2D eigenvalue weighted by atomic mass is 9.96. The summed E-state index contributed by atoms with van der Waals surface area (Å²) in [6.45, 7) is 3.82. The fourth-order valence-corrected chi connectivity index (χ4v) is 2.99. The van der Waals surface area contributed by atoms with Crippen LogP contribution in [0, 0.1) is 6.92 Å². The summed E-state index contributed by atoms with van der Waals surface area (Å²) in [7, 11) is 0. The minimum Gasteiger partial charge on any atom is -0.462 e. The van der Waals surface area contributed by atoms with Gasteiger partial charge in [0.2, 0.25) is 6.41 Å². The first-order valence-corrected chi connectivity index (χ1v) is 8.64. The zero-order valence-corrected chi connectivity index (χ0v) is 15.1. The zero-order chi connectivity index (χ0) is 19.4. The number of amides is 1. The number of esters is 1. The molecule has 3 aromatic rings. The zero-order valence-electron chi connectivity index (χ0n) is 15.1. The van der Waals surface area contributed by atoms with E-state index in [1.165, 1.54) is 0 Å². The van der Waals surface area contributed by atoms with Crippen LogP contribution < -0.4 is 10.9 Å². The molecular weight excluding hydrogens is 344 g/mol. The third-order valence-corrected chi connectivity index (χ3v) is 4.38. The minimum absolute atomic E-state index is 0.118. The average Bonchev–Trinajstić information content (AvgIpc) is 2.67. The normalized spacial score (nSPS) is 11.8. The summed E-state index contributed by atoms with van der Waals surface area (Å²) in [5.74, 6) is -0.380. The van der Waals surface area contributed by atoms with Crippen LogP contribution in [0.15, 0.2) is 53.3 Å². The van der Waals surface area contributed by atoms with Crippen molar-refractivity contribution >= 4 is 23.3 Å². The number of aromatic amines is 1. The van der Waals surface area contributed by atoms with Crippen LogP contribution >= 0.6 is 0 Å². The van der Waals surface area contributed by atoms with Gasteiger partial charge in [0, 0.05) is 11.1 Å². The first-order valence-electron chi connectivity index (χ1n) is 8.64. The lowest BCUT2D eigenvalue weighted by molar-refractivity contribution is -0.110. The van der Waals surface area contributed by atoms with Gasteiger partial charge in [-0.15, -0.1) is 0 Å². The second kappa shape index (κ2) is 7.86. The Bertz CT molecular complexity index is 1040. The van der Waals surface area contributed by atoms with Gasteiger partial charge in [-0.05, 0) is 60.7 Å². The smallest absolute Gasteiger partial charge is 0.338 e. The van der Waals surface area contributed by atoms with Crippen molar-refractivity contribution in [1.82, 2.24) is 10.3 Å². The Hall–Kier alpha value is -3.41. The van der Waals surface area contributed by atoms with E-state index >= 15 is 0 Å². The van der Waals surface area contributed by atoms with Crippen molar-refractivity contribution in [3.8, 4) is 0 Å². The highest BCUT2D eigenvalue weighted by Crippen LogP contribution is 2.25. The van der Waals surface area contributed by atoms with Gasteiger partial charge in [-0.1, -0.05) is 18.2 Å². The van der Waals surface area contributed by atoms with Crippen LogP contribution in [0.2, 0.25) is 0 Å². The second-order valence-electron chi connectivity index (χ2n) is 6.19. The maximum atomic E-state index is 11.8. The third-order valence-electron chi connectivity index (χ3n) is 4.38. The van der Waals surface area contributed by atoms with E-state index in [2.05, 4.69) is 10.3 Å². The molecular formula is C21H20N2O4. The number of aryl methyl sites for hydroxylation is 1. The van der Waals surface area contributed by atoms with Crippen LogP contribution in [-0.2, 0) is 9.53 Å². The molecule has 0 aliphatic rings. The SMILES string of the molecule is CCOC(=O)c1ccc(C(NC=O)c2ccc3[nH]c(=O)c(C)cc3c2)cc1. The highest BCUT2D eigenvalue weighted by atomic mass is 16.5. The predicted octanol–water partition coefficient (Wildman–Crippen LogP) is 2.85. The molecule has 138 valence electrons. The van der Waals surface area contributed by atoms with Crippen molar-refractivity contribution in [1.29, 1.82) is 0 Å². The summed E-state index contributed by atoms with van der Waals surface area (Å²) in [6, 6.07) is 14.0. The summed E-state index contributed by atoms with van der Waals surface area (Å²) >= 11 is 0. The van der Waals surface area contributed by atoms with Gasteiger partial charge < -0.3 is 15.0 Å². The van der Waals surface area contributed by atoms with Crippen molar-refractivity contribution in [2.75, 3.05) is 6.61 Å². The van der Waals surface area contributed by atoms with Crippen LogP contribution in [-0.4, -0.2) is 24.0 Å². The minimum atomic E-state index is -0.380. The molecule has 2 aromatic carbocycles. The molecule has 27 heavy (non-hydrogen) atoms. The van der Waals surface area contributed by atoms with E-state index in [1.54, 1.807) is 38.1 Å². The summed E-state index contributed by atoms with van der Waals surface area (Å²) < 4.78 is 4.99. The number of ether oxygens (including phenoxy) is 1. The summed E-state index contributed by atoms with van der Waals surface area (Å²) in [6.07, 6.45) is 0.645. The number of pyridine rings is 1. The van der Waals surface area contributed by atoms with E-state index in [0.717, 1.165) is 22.0 Å². The lowest BCUT2D eigenvalue weighted by Gasteiger charge is -2.18. The molecule has 1 atom stereocenters. The molecule has 1 unspecified atom stereocenters. The van der Waals surface area contributed by atoms with E-state index in [9.17, 15) is 14.4 Å². The molecule has 1 amide bonds. The molecule has 0 saturated heterocycles. The Morgan fingerprint density at radius 1 is 1.15 bits per heavy atom. The number of carbonyl (C=O) groups excluding carboxylic acids is 2. The first kappa shape index (κ1) is 18.4. The molecule has 1 aromatic heterocycles. The number of hydrogen-bond acceptors (Lipinski definition) is 4. The molecule has 2 N–H and O–H groups in total. The molecule has 0 aliphatic carbocycles. The number of rotatable bonds is 6. The molecule has 1 heterocycles. The Balaban J connectivity index is 1.99. The summed E-state index contributed by atoms with van der Waals surface area (Å²) in [5, 5.41) is 3.69. The highest BCUT2D eigenvalue weighted by molar-refractivity contribution is 5.89. The maximum absolute atomic E-state index is 11.8. The van der Waals surface area contributed by atoms with Crippen molar-refractivity contribution in [2.45, 2.75) is 19.9 Å². The molecule has 0 saturated carbocycles. The number of hydrogen-bond donors (Lipinski definition) is 2. The topological polar surface area (TPSA) is 88.3 Å². The molecule has 0 bridgehead atoms. The summed E-state index contributed by atoms with van der Waals surface area (Å²) in [5.41, 5.74) is 3.39. The van der Waals surface area contributed by atoms with Gasteiger partial charge in [0.25, 0.3) is 5.56 Å². The third kappa shape index (κ3) is 3.89. The Labute approximate surface area is 156 Å². The Morgan fingerprint density at radius 3 is 2.52 bits per heavy atom. The fourth-order valence-electron chi connectivity index (χ4n) is 2.99. The molecule has 0 aliphatic heterocycles. The van der Waals surface area contributed by atoms with Gasteiger partial charge in [-0.3, -0.25) is 9.59 Å². The second-order valence-corrected chi connectivity index (χ2v) is 6.19. The van der Waals surface area contributed by atoms with Gasteiger partial charge in [0.05, 0.1) is 18.2 Å². The number of benzene rings is 2. The lowest BCUT2D eigenvalue weighted by Crippen LogP contribution is -2.21. The van der Waals surface area contributed by atoms with Gasteiger partial charge >= 0.3 is 5.97 Å². The van der Waals surface area contributed by atoms with E-state index in [-0.39, 0.29) is 17.6 Å². The van der Waals surface area contributed by atoms with E-state index in [0.29, 0.717) is 24.1 Å². The molecule has 0 fully saturated rings. The van der Waals surface area contributed by atoms with E-state index < -0.39 is 0 Å². The van der Waals surface area contributed by atoms with Crippen LogP contribution in [0.1, 0.15) is 40.0 Å². The van der Waals surface area contributed by atoms with E-state index in [4.69, 9.17) is 4.74 Å². The summed E-state index contributed by atoms with van der Waals surface area (Å²) in [4.78, 5) is 37.5. The number of H-pyrrole nitrogens is 1. The highest BCUT2D eigenvalue weighted by Gasteiger charge is 2.15. The molecule has 0 radical (unpaired) electrons. The number of aromatic nitrogens is 1. The Kier molecular flexibility index (Phi) is 5.35. The number of fused-ring (bicyclic) bond motifs is 1. The van der Waals surface area contributed by atoms with Crippen molar-refractivity contribution in [3.63, 3.8) is 0 Å². The van der Waals surface area contributed by atoms with Crippen molar-refractivity contribution in [2.24, 2.45) is 0 Å². The van der Waals surface area contributed by atoms with Crippen molar-refractivity contribution in [3.05, 3.63) is 81.1 Å². The van der Waals surface area contributed by atoms with Crippen molar-refractivity contribution < 1.29 is 14.3 Å². The largest absolute Gasteiger partial charge is 0.462 e. The standard InChI is InChI=1S/C21H20N2O4/c1-3-27-21(26)15-6-4-14(5-7-15)19(22-12-24)16-8-9-18-17(11-16)10-13(2)20(25)23-18/h4-12,19H,3H2,1-2H3,(H,22,24)(H,23,25). The molecule has 6 heteroatoms. The first-order chi connectivity index (χ1) is 13.0. The molecule has 6 nitrogen and oxygen atoms in total. The van der Waals surface area contributed by atoms with Crippen LogP contribution in [0.25, 0.3) is 10.9 Å². The van der Waals surface area contributed by atoms with Crippen LogP contribution in [0.3, 0.4) is 0 Å². The number of nitrogens with one attached hydrogen (secondary N) is 2. The average molecular weight is 364 g/mol. The fraction of sp³-hybridized carbons (Fsp3) is 0.190. The van der Waals surface area contributed by atoms with Gasteiger partial charge in [-0.25, -0.2) is 4.79 Å². The monoisotopic (exact) mass is 364 g/mol. The maximum Gasteiger partial charge on any atom is 0.338 e. The van der Waals surface area contributed by atoms with E-state index in [1.807, 2.05) is 24.3 Å². The van der Waals surface area contributed by atoms with Gasteiger partial charge in [0.15, 0.2) is 0 Å². The van der Waals surface area contributed by atoms with Gasteiger partial charge in [0.1, 0.15) is 0 Å². The number of carbonyl (C=O) groups is 2. The van der Waals surface area contributed by atoms with Crippen LogP contribution in [0.4, 0.5) is 0 Å². The predicted molar refractivity (Wildman–Crippen MR) is 103 cm³/mol. The quantitative estimate of drug-likeness (QED) is 0.520.